The zero-order chi connectivity index (χ0) is 18.0. The number of rotatable bonds is 5. The van der Waals surface area contributed by atoms with Crippen LogP contribution in [-0.2, 0) is 11.2 Å². The van der Waals surface area contributed by atoms with Crippen molar-refractivity contribution < 1.29 is 9.32 Å². The molecule has 0 unspecified atom stereocenters. The molecule has 1 amide bonds. The highest BCUT2D eigenvalue weighted by Crippen LogP contribution is 2.26. The Balaban J connectivity index is 1.82. The summed E-state index contributed by atoms with van der Waals surface area (Å²) in [6.07, 6.45) is 0.209. The number of aromatic nitrogens is 4. The molecule has 3 rings (SSSR count). The number of amides is 1. The van der Waals surface area contributed by atoms with Crippen molar-refractivity contribution >= 4 is 11.6 Å². The monoisotopic (exact) mass is 339 g/mol. The Hall–Kier alpha value is -2.96. The predicted octanol–water partition coefficient (Wildman–Crippen LogP) is 3.38. The van der Waals surface area contributed by atoms with E-state index < -0.39 is 0 Å². The minimum atomic E-state index is -0.138. The van der Waals surface area contributed by atoms with Crippen molar-refractivity contribution in [3.63, 3.8) is 0 Å². The number of carbonyl (C=O) groups excluding carboxylic acids is 1. The highest BCUT2D eigenvalue weighted by Gasteiger charge is 2.16. The van der Waals surface area contributed by atoms with Crippen molar-refractivity contribution in [1.82, 2.24) is 20.3 Å². The van der Waals surface area contributed by atoms with Gasteiger partial charge >= 0.3 is 0 Å². The first-order valence-electron chi connectivity index (χ1n) is 8.19. The Morgan fingerprint density at radius 3 is 2.68 bits per heavy atom. The van der Waals surface area contributed by atoms with Crippen LogP contribution in [0.2, 0.25) is 0 Å². The third kappa shape index (κ3) is 3.60. The zero-order valence-electron chi connectivity index (χ0n) is 14.8. The van der Waals surface area contributed by atoms with Crippen molar-refractivity contribution in [3.8, 4) is 11.4 Å². The van der Waals surface area contributed by atoms with Gasteiger partial charge in [0, 0.05) is 17.0 Å². The Morgan fingerprint density at radius 1 is 1.28 bits per heavy atom. The molecule has 0 fully saturated rings. The molecule has 25 heavy (non-hydrogen) atoms. The highest BCUT2D eigenvalue weighted by atomic mass is 16.5. The van der Waals surface area contributed by atoms with Gasteiger partial charge in [-0.3, -0.25) is 9.89 Å². The van der Waals surface area contributed by atoms with Crippen LogP contribution in [0.5, 0.6) is 0 Å². The molecule has 2 N–H and O–H groups in total. The van der Waals surface area contributed by atoms with Crippen molar-refractivity contribution in [1.29, 1.82) is 0 Å². The summed E-state index contributed by atoms with van der Waals surface area (Å²) in [4.78, 5) is 17.0. The summed E-state index contributed by atoms with van der Waals surface area (Å²) in [7, 11) is 0. The van der Waals surface area contributed by atoms with Crippen LogP contribution in [0, 0.1) is 13.8 Å². The van der Waals surface area contributed by atoms with E-state index in [-0.39, 0.29) is 18.2 Å². The van der Waals surface area contributed by atoms with E-state index in [9.17, 15) is 4.79 Å². The predicted molar refractivity (Wildman–Crippen MR) is 94.2 cm³/mol. The van der Waals surface area contributed by atoms with Gasteiger partial charge < -0.3 is 9.84 Å². The maximum Gasteiger partial charge on any atom is 0.229 e. The molecule has 2 heterocycles. The molecule has 0 radical (unpaired) electrons. The van der Waals surface area contributed by atoms with E-state index in [4.69, 9.17) is 4.52 Å². The summed E-state index contributed by atoms with van der Waals surface area (Å²) in [5, 5.41) is 14.0. The molecule has 0 aliphatic rings. The van der Waals surface area contributed by atoms with Gasteiger partial charge in [-0.2, -0.15) is 5.10 Å². The molecule has 0 aliphatic carbocycles. The van der Waals surface area contributed by atoms with Gasteiger partial charge in [-0.1, -0.05) is 31.1 Å². The first-order valence-corrected chi connectivity index (χ1v) is 8.19. The van der Waals surface area contributed by atoms with Gasteiger partial charge in [0.15, 0.2) is 5.82 Å². The smallest absolute Gasteiger partial charge is 0.229 e. The second-order valence-corrected chi connectivity index (χ2v) is 6.27. The van der Waals surface area contributed by atoms with Crippen LogP contribution >= 0.6 is 0 Å². The van der Waals surface area contributed by atoms with E-state index in [1.807, 2.05) is 45.0 Å². The third-order valence-corrected chi connectivity index (χ3v) is 4.01. The molecule has 0 saturated carbocycles. The van der Waals surface area contributed by atoms with Crippen LogP contribution in [0.4, 0.5) is 5.69 Å². The van der Waals surface area contributed by atoms with Crippen LogP contribution < -0.4 is 5.32 Å². The minimum absolute atomic E-state index is 0.138. The molecular formula is C18H21N5O2. The fourth-order valence-electron chi connectivity index (χ4n) is 2.55. The van der Waals surface area contributed by atoms with Crippen LogP contribution in [0.3, 0.4) is 0 Å². The van der Waals surface area contributed by atoms with Crippen LogP contribution in [-0.4, -0.2) is 26.2 Å². The Morgan fingerprint density at radius 2 is 2.04 bits per heavy atom. The lowest BCUT2D eigenvalue weighted by Crippen LogP contribution is -2.15. The summed E-state index contributed by atoms with van der Waals surface area (Å²) in [5.41, 5.74) is 3.00. The Labute approximate surface area is 145 Å². The van der Waals surface area contributed by atoms with E-state index in [1.165, 1.54) is 0 Å². The Kier molecular flexibility index (Phi) is 4.65. The van der Waals surface area contributed by atoms with Gasteiger partial charge in [0.25, 0.3) is 0 Å². The number of nitrogens with one attached hydrogen (secondary N) is 2. The number of benzene rings is 1. The average molecular weight is 339 g/mol. The van der Waals surface area contributed by atoms with Gasteiger partial charge in [0.05, 0.1) is 17.8 Å². The first kappa shape index (κ1) is 16.9. The lowest BCUT2D eigenvalue weighted by Gasteiger charge is -2.09. The van der Waals surface area contributed by atoms with Crippen molar-refractivity contribution in [2.45, 2.75) is 40.0 Å². The van der Waals surface area contributed by atoms with E-state index in [2.05, 4.69) is 25.7 Å². The lowest BCUT2D eigenvalue weighted by molar-refractivity contribution is -0.115. The minimum Gasteiger partial charge on any atom is -0.361 e. The maximum absolute atomic E-state index is 12.5. The molecule has 7 nitrogen and oxygen atoms in total. The molecule has 7 heteroatoms. The van der Waals surface area contributed by atoms with Crippen LogP contribution in [0.1, 0.15) is 42.6 Å². The number of aryl methyl sites for hydroxylation is 2. The molecule has 3 aromatic rings. The molecule has 0 bridgehead atoms. The fourth-order valence-corrected chi connectivity index (χ4v) is 2.55. The second kappa shape index (κ2) is 6.88. The van der Waals surface area contributed by atoms with Gasteiger partial charge in [-0.05, 0) is 26.0 Å². The van der Waals surface area contributed by atoms with Crippen LogP contribution in [0.25, 0.3) is 11.4 Å². The molecule has 130 valence electrons. The van der Waals surface area contributed by atoms with Crippen molar-refractivity contribution in [2.24, 2.45) is 0 Å². The SMILES string of the molecule is Cc1noc(C)c1CC(=O)Nc1ccccc1-c1n[nH]c(C(C)C)n1. The average Bonchev–Trinajstić information content (AvgIpc) is 3.18. The second-order valence-electron chi connectivity index (χ2n) is 6.27. The van der Waals surface area contributed by atoms with Gasteiger partial charge in [-0.25, -0.2) is 4.98 Å². The summed E-state index contributed by atoms with van der Waals surface area (Å²) in [6.45, 7) is 7.72. The normalized spacial score (nSPS) is 11.1. The molecule has 0 saturated heterocycles. The quantitative estimate of drug-likeness (QED) is 0.743. The van der Waals surface area contributed by atoms with E-state index in [0.29, 0.717) is 17.3 Å². The standard InChI is InChI=1S/C18H21N5O2/c1-10(2)17-20-18(22-21-17)13-7-5-6-8-15(13)19-16(24)9-14-11(3)23-25-12(14)4/h5-8,10H,9H2,1-4H3,(H,19,24)(H,20,21,22). The Bertz CT molecular complexity index is 875. The largest absolute Gasteiger partial charge is 0.361 e. The lowest BCUT2D eigenvalue weighted by atomic mass is 10.1. The number of H-pyrrole nitrogens is 1. The van der Waals surface area contributed by atoms with Crippen LogP contribution in [0.15, 0.2) is 28.8 Å². The summed E-state index contributed by atoms with van der Waals surface area (Å²) in [5.74, 6) is 2.16. The molecule has 0 spiro atoms. The summed E-state index contributed by atoms with van der Waals surface area (Å²) < 4.78 is 5.11. The van der Waals surface area contributed by atoms with Crippen molar-refractivity contribution in [2.75, 3.05) is 5.32 Å². The number of hydrogen-bond acceptors (Lipinski definition) is 5. The fraction of sp³-hybridized carbons (Fsp3) is 0.333. The van der Waals surface area contributed by atoms with E-state index in [1.54, 1.807) is 6.92 Å². The van der Waals surface area contributed by atoms with Crippen molar-refractivity contribution in [3.05, 3.63) is 47.1 Å². The summed E-state index contributed by atoms with van der Waals surface area (Å²) >= 11 is 0. The first-order chi connectivity index (χ1) is 12.0. The number of anilines is 1. The molecule has 2 aromatic heterocycles. The van der Waals surface area contributed by atoms with E-state index >= 15 is 0 Å². The molecular weight excluding hydrogens is 318 g/mol. The van der Waals surface area contributed by atoms with Gasteiger partial charge in [0.2, 0.25) is 5.91 Å². The topological polar surface area (TPSA) is 96.7 Å². The van der Waals surface area contributed by atoms with Gasteiger partial charge in [-0.15, -0.1) is 0 Å². The number of aromatic amines is 1. The molecule has 1 aromatic carbocycles. The highest BCUT2D eigenvalue weighted by molar-refractivity contribution is 5.96. The number of para-hydroxylation sites is 1. The maximum atomic E-state index is 12.5. The zero-order valence-corrected chi connectivity index (χ0v) is 14.8. The molecule has 0 aliphatic heterocycles. The van der Waals surface area contributed by atoms with Gasteiger partial charge in [0.1, 0.15) is 11.6 Å². The summed E-state index contributed by atoms with van der Waals surface area (Å²) in [6, 6.07) is 7.49. The number of nitrogens with zero attached hydrogens (tertiary/aromatic N) is 3. The number of carbonyl (C=O) groups is 1. The number of hydrogen-bond donors (Lipinski definition) is 2. The van der Waals surface area contributed by atoms with E-state index in [0.717, 1.165) is 22.6 Å². The third-order valence-electron chi connectivity index (χ3n) is 4.01. The molecule has 0 atom stereocenters.